The molecule has 0 aliphatic rings. The Kier molecular flexibility index (Phi) is 9.97. The molecule has 0 unspecified atom stereocenters. The second-order valence-electron chi connectivity index (χ2n) is 14.9. The van der Waals surface area contributed by atoms with Gasteiger partial charge in [-0.3, -0.25) is 0 Å². The minimum absolute atomic E-state index is 0.607. The maximum Gasteiger partial charge on any atom is 0.164 e. The molecule has 3 nitrogen and oxygen atoms in total. The van der Waals surface area contributed by atoms with Crippen molar-refractivity contribution in [2.75, 3.05) is 0 Å². The van der Waals surface area contributed by atoms with Crippen molar-refractivity contribution in [2.45, 2.75) is 0 Å². The number of benzene rings is 9. The van der Waals surface area contributed by atoms with Crippen LogP contribution < -0.4 is 0 Å². The van der Waals surface area contributed by atoms with Crippen LogP contribution in [0, 0.1) is 0 Å². The van der Waals surface area contributed by atoms with Crippen LogP contribution in [-0.4, -0.2) is 15.0 Å². The molecule has 9 aromatic carbocycles. The molecule has 60 heavy (non-hydrogen) atoms. The second-order valence-corrected chi connectivity index (χ2v) is 14.9. The molecule has 0 bridgehead atoms. The fourth-order valence-corrected chi connectivity index (χ4v) is 7.76. The molecule has 0 N–H and O–H groups in total. The minimum atomic E-state index is 0.607. The van der Waals surface area contributed by atoms with E-state index >= 15 is 0 Å². The van der Waals surface area contributed by atoms with Gasteiger partial charge in [0, 0.05) is 16.7 Å². The van der Waals surface area contributed by atoms with Gasteiger partial charge in [0.1, 0.15) is 0 Å². The predicted molar refractivity (Wildman–Crippen MR) is 249 cm³/mol. The van der Waals surface area contributed by atoms with Crippen LogP contribution in [0.2, 0.25) is 0 Å². The third-order valence-corrected chi connectivity index (χ3v) is 10.9. The first-order chi connectivity index (χ1) is 29.7. The maximum atomic E-state index is 5.24. The van der Waals surface area contributed by atoms with Gasteiger partial charge in [-0.1, -0.05) is 200 Å². The molecule has 0 aliphatic carbocycles. The molecule has 0 saturated heterocycles. The van der Waals surface area contributed by atoms with E-state index < -0.39 is 0 Å². The molecule has 0 radical (unpaired) electrons. The highest BCUT2D eigenvalue weighted by Crippen LogP contribution is 2.38. The number of hydrogen-bond donors (Lipinski definition) is 0. The van der Waals surface area contributed by atoms with Gasteiger partial charge >= 0.3 is 0 Å². The lowest BCUT2D eigenvalue weighted by Crippen LogP contribution is -2.01. The quantitative estimate of drug-likeness (QED) is 0.147. The standard InChI is InChI=1S/C57H39N3/c1-6-16-40(17-7-1)45-26-30-47(31-27-45)55-58-56(48-32-28-46(29-33-48)41-18-8-2-9-19-41)60-57(59-55)54-38-51(44-24-14-5-15-25-44)37-53(39-54)52-35-49(42-20-10-3-11-21-42)34-50(36-52)43-22-12-4-13-23-43/h1-39H. The fourth-order valence-electron chi connectivity index (χ4n) is 7.76. The van der Waals surface area contributed by atoms with Crippen molar-refractivity contribution >= 4 is 0 Å². The molecule has 0 aliphatic heterocycles. The molecular formula is C57H39N3. The Balaban J connectivity index is 1.15. The maximum absolute atomic E-state index is 5.24. The van der Waals surface area contributed by atoms with Crippen LogP contribution in [0.5, 0.6) is 0 Å². The highest BCUT2D eigenvalue weighted by atomic mass is 15.0. The summed E-state index contributed by atoms with van der Waals surface area (Å²) in [7, 11) is 0. The van der Waals surface area contributed by atoms with Crippen molar-refractivity contribution in [1.29, 1.82) is 0 Å². The molecule has 1 heterocycles. The summed E-state index contributed by atoms with van der Waals surface area (Å²) in [6, 6.07) is 83.2. The summed E-state index contributed by atoms with van der Waals surface area (Å²) in [5.74, 6) is 1.84. The zero-order chi connectivity index (χ0) is 40.1. The van der Waals surface area contributed by atoms with E-state index in [1.54, 1.807) is 0 Å². The van der Waals surface area contributed by atoms with Crippen LogP contribution in [-0.2, 0) is 0 Å². The Morgan fingerprint density at radius 2 is 0.333 bits per heavy atom. The smallest absolute Gasteiger partial charge is 0.164 e. The molecule has 0 saturated carbocycles. The summed E-state index contributed by atoms with van der Waals surface area (Å²) in [5, 5.41) is 0. The molecular weight excluding hydrogens is 727 g/mol. The largest absolute Gasteiger partial charge is 0.208 e. The predicted octanol–water partition coefficient (Wildman–Crippen LogP) is 14.9. The molecule has 0 fully saturated rings. The molecule has 10 aromatic rings. The lowest BCUT2D eigenvalue weighted by atomic mass is 9.91. The highest BCUT2D eigenvalue weighted by molar-refractivity contribution is 5.86. The second kappa shape index (κ2) is 16.5. The summed E-state index contributed by atoms with van der Waals surface area (Å²) in [5.41, 5.74) is 16.4. The Morgan fingerprint density at radius 3 is 0.617 bits per heavy atom. The fraction of sp³-hybridized carbons (Fsp3) is 0. The van der Waals surface area contributed by atoms with E-state index in [2.05, 4.69) is 224 Å². The van der Waals surface area contributed by atoms with Crippen LogP contribution in [0.25, 0.3) is 101 Å². The zero-order valence-corrected chi connectivity index (χ0v) is 32.9. The summed E-state index contributed by atoms with van der Waals surface area (Å²) < 4.78 is 0. The molecule has 0 amide bonds. The van der Waals surface area contributed by atoms with Crippen molar-refractivity contribution in [3.8, 4) is 101 Å². The average molecular weight is 766 g/mol. The van der Waals surface area contributed by atoms with Gasteiger partial charge in [-0.05, 0) is 103 Å². The summed E-state index contributed by atoms with van der Waals surface area (Å²) in [6.45, 7) is 0. The van der Waals surface area contributed by atoms with E-state index in [4.69, 9.17) is 15.0 Å². The van der Waals surface area contributed by atoms with Gasteiger partial charge in [0.25, 0.3) is 0 Å². The monoisotopic (exact) mass is 765 g/mol. The SMILES string of the molecule is c1ccc(-c2ccc(-c3nc(-c4ccc(-c5ccccc5)cc4)nc(-c4cc(-c5ccccc5)cc(-c5cc(-c6ccccc6)cc(-c6ccccc6)c5)c4)n3)cc2)cc1. The molecule has 282 valence electrons. The van der Waals surface area contributed by atoms with Crippen LogP contribution in [0.15, 0.2) is 237 Å². The lowest BCUT2D eigenvalue weighted by molar-refractivity contribution is 1.07. The molecule has 1 aromatic heterocycles. The summed E-state index contributed by atoms with van der Waals surface area (Å²) in [4.78, 5) is 15.6. The van der Waals surface area contributed by atoms with Crippen LogP contribution in [0.1, 0.15) is 0 Å². The van der Waals surface area contributed by atoms with E-state index in [0.29, 0.717) is 17.5 Å². The minimum Gasteiger partial charge on any atom is -0.208 e. The normalized spacial score (nSPS) is 11.0. The molecule has 3 heteroatoms. The average Bonchev–Trinajstić information content (AvgIpc) is 3.35. The van der Waals surface area contributed by atoms with Gasteiger partial charge in [-0.15, -0.1) is 0 Å². The van der Waals surface area contributed by atoms with E-state index in [9.17, 15) is 0 Å². The number of nitrogens with zero attached hydrogens (tertiary/aromatic N) is 3. The highest BCUT2D eigenvalue weighted by Gasteiger charge is 2.17. The Hall–Kier alpha value is -8.01. The van der Waals surface area contributed by atoms with Crippen molar-refractivity contribution < 1.29 is 0 Å². The zero-order valence-electron chi connectivity index (χ0n) is 32.9. The van der Waals surface area contributed by atoms with Gasteiger partial charge in [0.05, 0.1) is 0 Å². The first kappa shape index (κ1) is 36.3. The Morgan fingerprint density at radius 1 is 0.150 bits per heavy atom. The van der Waals surface area contributed by atoms with E-state index in [-0.39, 0.29) is 0 Å². The van der Waals surface area contributed by atoms with E-state index in [0.717, 1.165) is 72.3 Å². The topological polar surface area (TPSA) is 38.7 Å². The van der Waals surface area contributed by atoms with Crippen LogP contribution in [0.3, 0.4) is 0 Å². The van der Waals surface area contributed by atoms with Crippen molar-refractivity contribution in [2.24, 2.45) is 0 Å². The summed E-state index contributed by atoms with van der Waals surface area (Å²) in [6.07, 6.45) is 0. The number of hydrogen-bond acceptors (Lipinski definition) is 3. The van der Waals surface area contributed by atoms with Gasteiger partial charge < -0.3 is 0 Å². The third kappa shape index (κ3) is 7.80. The Bertz CT molecular complexity index is 2860. The first-order valence-electron chi connectivity index (χ1n) is 20.3. The van der Waals surface area contributed by atoms with Gasteiger partial charge in [-0.25, -0.2) is 15.0 Å². The summed E-state index contributed by atoms with van der Waals surface area (Å²) >= 11 is 0. The van der Waals surface area contributed by atoms with Gasteiger partial charge in [-0.2, -0.15) is 0 Å². The van der Waals surface area contributed by atoms with E-state index in [1.807, 2.05) is 12.1 Å². The lowest BCUT2D eigenvalue weighted by Gasteiger charge is -2.15. The first-order valence-corrected chi connectivity index (χ1v) is 20.3. The number of rotatable bonds is 9. The van der Waals surface area contributed by atoms with Gasteiger partial charge in [0.15, 0.2) is 17.5 Å². The Labute approximate surface area is 351 Å². The van der Waals surface area contributed by atoms with Gasteiger partial charge in [0.2, 0.25) is 0 Å². The molecule has 10 rings (SSSR count). The van der Waals surface area contributed by atoms with E-state index in [1.165, 1.54) is 11.1 Å². The van der Waals surface area contributed by atoms with Crippen LogP contribution >= 0.6 is 0 Å². The molecule has 0 atom stereocenters. The van der Waals surface area contributed by atoms with Crippen molar-refractivity contribution in [3.05, 3.63) is 237 Å². The van der Waals surface area contributed by atoms with Crippen molar-refractivity contribution in [1.82, 2.24) is 15.0 Å². The van der Waals surface area contributed by atoms with Crippen molar-refractivity contribution in [3.63, 3.8) is 0 Å². The third-order valence-electron chi connectivity index (χ3n) is 10.9. The van der Waals surface area contributed by atoms with Crippen LogP contribution in [0.4, 0.5) is 0 Å². The number of aromatic nitrogens is 3. The molecule has 0 spiro atoms.